The number of aliphatic carboxylic acids is 1. The van der Waals surface area contributed by atoms with Gasteiger partial charge < -0.3 is 14.7 Å². The van der Waals surface area contributed by atoms with E-state index in [9.17, 15) is 9.59 Å². The van der Waals surface area contributed by atoms with Gasteiger partial charge in [-0.1, -0.05) is 6.08 Å². The molecule has 0 aromatic carbocycles. The van der Waals surface area contributed by atoms with E-state index in [0.717, 1.165) is 0 Å². The summed E-state index contributed by atoms with van der Waals surface area (Å²) in [7, 11) is 1.69. The maximum absolute atomic E-state index is 10.3. The van der Waals surface area contributed by atoms with Gasteiger partial charge in [-0.25, -0.2) is 4.79 Å². The second-order valence-electron chi connectivity index (χ2n) is 3.61. The topological polar surface area (TPSA) is 75.1 Å². The van der Waals surface area contributed by atoms with E-state index in [1.807, 2.05) is 0 Å². The van der Waals surface area contributed by atoms with Crippen molar-refractivity contribution < 1.29 is 9.90 Å². The smallest absolute Gasteiger partial charge is 0.325 e. The maximum Gasteiger partial charge on any atom is 0.325 e. The van der Waals surface area contributed by atoms with Gasteiger partial charge in [0.2, 0.25) is 0 Å². The van der Waals surface area contributed by atoms with Crippen LogP contribution in [0, 0.1) is 5.41 Å². The van der Waals surface area contributed by atoms with Crippen LogP contribution in [0.25, 0.3) is 0 Å². The number of hydrogen-bond donors (Lipinski definition) is 2. The van der Waals surface area contributed by atoms with Crippen molar-refractivity contribution in [3.8, 4) is 0 Å². The van der Waals surface area contributed by atoms with Crippen molar-refractivity contribution in [3.63, 3.8) is 0 Å². The Morgan fingerprint density at radius 1 is 1.67 bits per heavy atom. The highest BCUT2D eigenvalue weighted by Crippen LogP contribution is 2.14. The summed E-state index contributed by atoms with van der Waals surface area (Å²) in [4.78, 5) is 23.0. The number of carbonyl (C=O) groups is 1. The van der Waals surface area contributed by atoms with Crippen LogP contribution in [0.3, 0.4) is 0 Å². The third-order valence-electron chi connectivity index (χ3n) is 1.89. The molecule has 0 unspecified atom stereocenters. The highest BCUT2D eigenvalue weighted by Gasteiger charge is 2.21. The molecule has 0 aliphatic rings. The molecule has 5 nitrogen and oxygen atoms in total. The Balaban J connectivity index is 0.000000262. The summed E-state index contributed by atoms with van der Waals surface area (Å²) in [5.74, 6) is -0.840. The van der Waals surface area contributed by atoms with E-state index >= 15 is 0 Å². The second-order valence-corrected chi connectivity index (χ2v) is 3.61. The number of carboxylic acid groups (broad SMARTS) is 1. The van der Waals surface area contributed by atoms with Gasteiger partial charge in [0.05, 0.1) is 5.41 Å². The molecule has 0 spiro atoms. The van der Waals surface area contributed by atoms with E-state index in [1.165, 1.54) is 10.6 Å². The molecule has 0 radical (unpaired) electrons. The van der Waals surface area contributed by atoms with Crippen molar-refractivity contribution >= 4 is 5.97 Å². The van der Waals surface area contributed by atoms with Gasteiger partial charge in [0.1, 0.15) is 0 Å². The third-order valence-corrected chi connectivity index (χ3v) is 1.89. The minimum Gasteiger partial charge on any atom is -0.481 e. The van der Waals surface area contributed by atoms with Crippen LogP contribution >= 0.6 is 0 Å². The Morgan fingerprint density at radius 3 is 2.27 bits per heavy atom. The molecule has 1 rings (SSSR count). The number of aryl methyl sites for hydroxylation is 1. The zero-order valence-electron chi connectivity index (χ0n) is 9.15. The van der Waals surface area contributed by atoms with Crippen LogP contribution in [0.5, 0.6) is 0 Å². The Bertz CT molecular complexity index is 387. The van der Waals surface area contributed by atoms with Crippen LogP contribution in [0.1, 0.15) is 13.8 Å². The zero-order valence-corrected chi connectivity index (χ0v) is 9.15. The zero-order chi connectivity index (χ0) is 12.1. The number of nitrogens with one attached hydrogen (secondary N) is 1. The van der Waals surface area contributed by atoms with Gasteiger partial charge in [0.25, 0.3) is 0 Å². The summed E-state index contributed by atoms with van der Waals surface area (Å²) >= 11 is 0. The Hall–Kier alpha value is -1.78. The molecule has 1 aromatic rings. The number of aromatic nitrogens is 2. The molecule has 1 heterocycles. The fraction of sp³-hybridized carbons (Fsp3) is 0.400. The van der Waals surface area contributed by atoms with E-state index in [1.54, 1.807) is 33.3 Å². The van der Waals surface area contributed by atoms with E-state index < -0.39 is 11.4 Å². The van der Waals surface area contributed by atoms with Crippen LogP contribution in [-0.2, 0) is 11.8 Å². The summed E-state index contributed by atoms with van der Waals surface area (Å²) < 4.78 is 1.47. The van der Waals surface area contributed by atoms with Crippen molar-refractivity contribution in [1.82, 2.24) is 9.55 Å². The van der Waals surface area contributed by atoms with Gasteiger partial charge in [-0.2, -0.15) is 0 Å². The van der Waals surface area contributed by atoms with Gasteiger partial charge in [-0.05, 0) is 13.8 Å². The average Bonchev–Trinajstić information content (AvgIpc) is 2.52. The molecule has 5 heteroatoms. The molecule has 0 bridgehead atoms. The number of aromatic amines is 1. The quantitative estimate of drug-likeness (QED) is 0.718. The molecule has 0 atom stereocenters. The average molecular weight is 212 g/mol. The number of H-pyrrole nitrogens is 1. The molecular weight excluding hydrogens is 196 g/mol. The lowest BCUT2D eigenvalue weighted by molar-refractivity contribution is -0.144. The molecule has 1 aromatic heterocycles. The van der Waals surface area contributed by atoms with Gasteiger partial charge in [-0.3, -0.25) is 4.79 Å². The highest BCUT2D eigenvalue weighted by molar-refractivity contribution is 5.75. The molecule has 0 saturated heterocycles. The lowest BCUT2D eigenvalue weighted by atomic mass is 9.95. The van der Waals surface area contributed by atoms with Crippen molar-refractivity contribution in [3.05, 3.63) is 35.5 Å². The van der Waals surface area contributed by atoms with E-state index in [0.29, 0.717) is 0 Å². The first-order valence-corrected chi connectivity index (χ1v) is 4.38. The summed E-state index contributed by atoms with van der Waals surface area (Å²) in [5, 5.41) is 8.37. The molecule has 0 fully saturated rings. The lowest BCUT2D eigenvalue weighted by Crippen LogP contribution is -2.19. The molecule has 0 amide bonds. The normalized spacial score (nSPS) is 10.1. The molecule has 84 valence electrons. The molecule has 0 aliphatic carbocycles. The van der Waals surface area contributed by atoms with Gasteiger partial charge in [0, 0.05) is 19.4 Å². The van der Waals surface area contributed by atoms with Crippen LogP contribution in [0.2, 0.25) is 0 Å². The Kier molecular flexibility index (Phi) is 4.57. The first kappa shape index (κ1) is 13.2. The maximum atomic E-state index is 10.3. The van der Waals surface area contributed by atoms with E-state index in [4.69, 9.17) is 5.11 Å². The minimum atomic E-state index is -0.840. The SMILES string of the molecule is C=CC(C)(C)C(=O)O.Cn1cc[nH]c1=O. The molecular formula is C10H16N2O3. The standard InChI is InChI=1S/C6H10O2.C4H6N2O/c1-4-6(2,3)5(7)8;1-6-3-2-5-4(6)7/h4H,1H2,2-3H3,(H,7,8);2-3H,1H3,(H,5,7). The van der Waals surface area contributed by atoms with Crippen LogP contribution in [0.4, 0.5) is 0 Å². The predicted octanol–water partition coefficient (Wildman–Crippen LogP) is 0.997. The lowest BCUT2D eigenvalue weighted by Gasteiger charge is -2.10. The largest absolute Gasteiger partial charge is 0.481 e. The number of rotatable bonds is 2. The number of imidazole rings is 1. The van der Waals surface area contributed by atoms with Crippen molar-refractivity contribution in [2.75, 3.05) is 0 Å². The summed E-state index contributed by atoms with van der Waals surface area (Å²) in [5.41, 5.74) is -0.847. The Labute approximate surface area is 88.1 Å². The first-order chi connectivity index (χ1) is 6.81. The molecule has 0 aliphatic heterocycles. The fourth-order valence-electron chi connectivity index (χ4n) is 0.477. The van der Waals surface area contributed by atoms with E-state index in [-0.39, 0.29) is 5.69 Å². The van der Waals surface area contributed by atoms with Crippen molar-refractivity contribution in [1.29, 1.82) is 0 Å². The van der Waals surface area contributed by atoms with Crippen LogP contribution < -0.4 is 5.69 Å². The number of carboxylic acids is 1. The summed E-state index contributed by atoms with van der Waals surface area (Å²) in [6.07, 6.45) is 4.68. The minimum absolute atomic E-state index is 0.0694. The van der Waals surface area contributed by atoms with Crippen molar-refractivity contribution in [2.45, 2.75) is 13.8 Å². The fourth-order valence-corrected chi connectivity index (χ4v) is 0.477. The molecule has 0 saturated carbocycles. The van der Waals surface area contributed by atoms with E-state index in [2.05, 4.69) is 11.6 Å². The van der Waals surface area contributed by atoms with Crippen LogP contribution in [-0.4, -0.2) is 20.6 Å². The number of hydrogen-bond acceptors (Lipinski definition) is 2. The monoisotopic (exact) mass is 212 g/mol. The predicted molar refractivity (Wildman–Crippen MR) is 57.6 cm³/mol. The van der Waals surface area contributed by atoms with Crippen molar-refractivity contribution in [2.24, 2.45) is 12.5 Å². The first-order valence-electron chi connectivity index (χ1n) is 4.38. The summed E-state index contributed by atoms with van der Waals surface area (Å²) in [6, 6.07) is 0. The highest BCUT2D eigenvalue weighted by atomic mass is 16.4. The molecule has 2 N–H and O–H groups in total. The van der Waals surface area contributed by atoms with Crippen LogP contribution in [0.15, 0.2) is 29.8 Å². The number of nitrogens with zero attached hydrogens (tertiary/aromatic N) is 1. The third kappa shape index (κ3) is 4.30. The summed E-state index contributed by atoms with van der Waals surface area (Å²) in [6.45, 7) is 6.57. The Morgan fingerprint density at radius 2 is 2.20 bits per heavy atom. The van der Waals surface area contributed by atoms with Gasteiger partial charge in [0.15, 0.2) is 0 Å². The molecule has 15 heavy (non-hydrogen) atoms. The van der Waals surface area contributed by atoms with Gasteiger partial charge >= 0.3 is 11.7 Å². The van der Waals surface area contributed by atoms with Gasteiger partial charge in [-0.15, -0.1) is 6.58 Å². The second kappa shape index (κ2) is 5.19.